The molecule has 0 radical (unpaired) electrons. The highest BCUT2D eigenvalue weighted by molar-refractivity contribution is 7.99. The van der Waals surface area contributed by atoms with Crippen LogP contribution in [0, 0.1) is 0 Å². The highest BCUT2D eigenvalue weighted by atomic mass is 32.2. The molecular formula is C12H20N2OS. The average molecular weight is 240 g/mol. The molecule has 0 aliphatic heterocycles. The van der Waals surface area contributed by atoms with Crippen molar-refractivity contribution in [1.82, 2.24) is 10.3 Å². The Kier molecular flexibility index (Phi) is 6.45. The molecular weight excluding hydrogens is 220 g/mol. The Morgan fingerprint density at radius 1 is 1.56 bits per heavy atom. The molecule has 1 aromatic heterocycles. The normalized spacial score (nSPS) is 14.7. The van der Waals surface area contributed by atoms with E-state index in [-0.39, 0.29) is 11.9 Å². The van der Waals surface area contributed by atoms with Crippen LogP contribution in [0.25, 0.3) is 0 Å². The van der Waals surface area contributed by atoms with Crippen LogP contribution in [-0.4, -0.2) is 40.8 Å². The Hall–Kier alpha value is -0.580. The quantitative estimate of drug-likeness (QED) is 0.754. The van der Waals surface area contributed by atoms with Gasteiger partial charge in [-0.15, -0.1) is 0 Å². The van der Waals surface area contributed by atoms with Gasteiger partial charge in [-0.3, -0.25) is 4.98 Å². The summed E-state index contributed by atoms with van der Waals surface area (Å²) in [6, 6.07) is 4.37. The molecule has 0 saturated carbocycles. The lowest BCUT2D eigenvalue weighted by Crippen LogP contribution is -2.38. The van der Waals surface area contributed by atoms with Gasteiger partial charge in [-0.2, -0.15) is 11.8 Å². The first-order chi connectivity index (χ1) is 7.77. The molecule has 0 spiro atoms. The Labute approximate surface area is 102 Å². The largest absolute Gasteiger partial charge is 0.395 e. The predicted molar refractivity (Wildman–Crippen MR) is 69.8 cm³/mol. The molecule has 16 heavy (non-hydrogen) atoms. The van der Waals surface area contributed by atoms with Crippen molar-refractivity contribution in [1.29, 1.82) is 0 Å². The van der Waals surface area contributed by atoms with Crippen molar-refractivity contribution >= 4 is 11.8 Å². The zero-order chi connectivity index (χ0) is 11.8. The fraction of sp³-hybridized carbons (Fsp3) is 0.583. The smallest absolute Gasteiger partial charge is 0.0564 e. The topological polar surface area (TPSA) is 45.1 Å². The fourth-order valence-corrected chi connectivity index (χ4v) is 2.21. The standard InChI is InChI=1S/C12H20N2OS/c1-10(12(9-15)16-2)14-7-5-11-4-3-6-13-8-11/h3-4,6,8,10,12,14-15H,5,7,9H2,1-2H3. The monoisotopic (exact) mass is 240 g/mol. The summed E-state index contributed by atoms with van der Waals surface area (Å²) in [5, 5.41) is 12.8. The summed E-state index contributed by atoms with van der Waals surface area (Å²) in [7, 11) is 0. The van der Waals surface area contributed by atoms with Crippen LogP contribution in [-0.2, 0) is 6.42 Å². The summed E-state index contributed by atoms with van der Waals surface area (Å²) < 4.78 is 0. The van der Waals surface area contributed by atoms with Crippen molar-refractivity contribution in [3.05, 3.63) is 30.1 Å². The minimum atomic E-state index is 0.224. The van der Waals surface area contributed by atoms with Gasteiger partial charge in [0.05, 0.1) is 6.61 Å². The Morgan fingerprint density at radius 2 is 2.38 bits per heavy atom. The second-order valence-corrected chi connectivity index (χ2v) is 4.89. The molecule has 2 N–H and O–H groups in total. The van der Waals surface area contributed by atoms with E-state index in [1.807, 2.05) is 18.5 Å². The molecule has 0 bridgehead atoms. The number of aromatic nitrogens is 1. The molecule has 0 aliphatic carbocycles. The maximum atomic E-state index is 9.14. The number of nitrogens with zero attached hydrogens (tertiary/aromatic N) is 1. The molecule has 2 atom stereocenters. The second kappa shape index (κ2) is 7.65. The number of nitrogens with one attached hydrogen (secondary N) is 1. The summed E-state index contributed by atoms with van der Waals surface area (Å²) in [6.07, 6.45) is 6.68. The van der Waals surface area contributed by atoms with Gasteiger partial charge < -0.3 is 10.4 Å². The van der Waals surface area contributed by atoms with Gasteiger partial charge in [0, 0.05) is 23.7 Å². The van der Waals surface area contributed by atoms with Crippen molar-refractivity contribution in [2.24, 2.45) is 0 Å². The van der Waals surface area contributed by atoms with E-state index >= 15 is 0 Å². The number of pyridine rings is 1. The average Bonchev–Trinajstić information content (AvgIpc) is 2.32. The number of aliphatic hydroxyl groups is 1. The van der Waals surface area contributed by atoms with Crippen molar-refractivity contribution in [3.63, 3.8) is 0 Å². The zero-order valence-corrected chi connectivity index (χ0v) is 10.7. The molecule has 1 heterocycles. The van der Waals surface area contributed by atoms with Crippen LogP contribution in [0.1, 0.15) is 12.5 Å². The molecule has 1 aromatic rings. The molecule has 3 nitrogen and oxygen atoms in total. The molecule has 90 valence electrons. The third kappa shape index (κ3) is 4.51. The Balaban J connectivity index is 2.25. The van der Waals surface area contributed by atoms with Gasteiger partial charge in [0.25, 0.3) is 0 Å². The van der Waals surface area contributed by atoms with Crippen molar-refractivity contribution < 1.29 is 5.11 Å². The molecule has 2 unspecified atom stereocenters. The van der Waals surface area contributed by atoms with Gasteiger partial charge in [0.1, 0.15) is 0 Å². The van der Waals surface area contributed by atoms with E-state index in [0.29, 0.717) is 6.04 Å². The summed E-state index contributed by atoms with van der Waals surface area (Å²) in [4.78, 5) is 4.08. The maximum Gasteiger partial charge on any atom is 0.0564 e. The molecule has 0 saturated heterocycles. The third-order valence-electron chi connectivity index (χ3n) is 2.64. The Bertz CT molecular complexity index is 278. The van der Waals surface area contributed by atoms with Crippen LogP contribution in [0.2, 0.25) is 0 Å². The van der Waals surface area contributed by atoms with E-state index in [2.05, 4.69) is 23.3 Å². The lowest BCUT2D eigenvalue weighted by Gasteiger charge is -2.21. The summed E-state index contributed by atoms with van der Waals surface area (Å²) >= 11 is 1.70. The van der Waals surface area contributed by atoms with Crippen LogP contribution in [0.15, 0.2) is 24.5 Å². The van der Waals surface area contributed by atoms with Gasteiger partial charge >= 0.3 is 0 Å². The van der Waals surface area contributed by atoms with E-state index in [9.17, 15) is 0 Å². The van der Waals surface area contributed by atoms with Crippen LogP contribution < -0.4 is 5.32 Å². The van der Waals surface area contributed by atoms with E-state index in [1.165, 1.54) is 5.56 Å². The predicted octanol–water partition coefficient (Wildman–Crippen LogP) is 1.33. The summed E-state index contributed by atoms with van der Waals surface area (Å²) in [5.41, 5.74) is 1.24. The maximum absolute atomic E-state index is 9.14. The van der Waals surface area contributed by atoms with Gasteiger partial charge in [-0.1, -0.05) is 6.07 Å². The lowest BCUT2D eigenvalue weighted by molar-refractivity contribution is 0.276. The number of hydrogen-bond acceptors (Lipinski definition) is 4. The van der Waals surface area contributed by atoms with Gasteiger partial charge in [0.2, 0.25) is 0 Å². The highest BCUT2D eigenvalue weighted by Crippen LogP contribution is 2.10. The van der Waals surface area contributed by atoms with E-state index in [1.54, 1.807) is 18.0 Å². The molecule has 0 amide bonds. The fourth-order valence-electron chi connectivity index (χ4n) is 1.56. The summed E-state index contributed by atoms with van der Waals surface area (Å²) in [5.74, 6) is 0. The van der Waals surface area contributed by atoms with Crippen molar-refractivity contribution in [3.8, 4) is 0 Å². The molecule has 1 rings (SSSR count). The number of rotatable bonds is 7. The molecule has 4 heteroatoms. The van der Waals surface area contributed by atoms with Gasteiger partial charge in [0.15, 0.2) is 0 Å². The highest BCUT2D eigenvalue weighted by Gasteiger charge is 2.13. The van der Waals surface area contributed by atoms with E-state index in [4.69, 9.17) is 5.11 Å². The minimum absolute atomic E-state index is 0.224. The summed E-state index contributed by atoms with van der Waals surface area (Å²) in [6.45, 7) is 3.26. The van der Waals surface area contributed by atoms with Crippen molar-refractivity contribution in [2.45, 2.75) is 24.6 Å². The van der Waals surface area contributed by atoms with Gasteiger partial charge in [-0.05, 0) is 37.8 Å². The first-order valence-electron chi connectivity index (χ1n) is 5.54. The zero-order valence-electron chi connectivity index (χ0n) is 9.89. The van der Waals surface area contributed by atoms with Crippen LogP contribution in [0.5, 0.6) is 0 Å². The van der Waals surface area contributed by atoms with Crippen LogP contribution in [0.4, 0.5) is 0 Å². The lowest BCUT2D eigenvalue weighted by atomic mass is 10.2. The first-order valence-corrected chi connectivity index (χ1v) is 6.82. The molecule has 0 fully saturated rings. The van der Waals surface area contributed by atoms with Gasteiger partial charge in [-0.25, -0.2) is 0 Å². The third-order valence-corrected chi connectivity index (χ3v) is 3.81. The van der Waals surface area contributed by atoms with Crippen molar-refractivity contribution in [2.75, 3.05) is 19.4 Å². The first kappa shape index (κ1) is 13.5. The number of thioether (sulfide) groups is 1. The number of aliphatic hydroxyl groups excluding tert-OH is 1. The number of hydrogen-bond donors (Lipinski definition) is 2. The Morgan fingerprint density at radius 3 is 2.94 bits per heavy atom. The van der Waals surface area contributed by atoms with E-state index < -0.39 is 0 Å². The van der Waals surface area contributed by atoms with Crippen LogP contribution >= 0.6 is 11.8 Å². The van der Waals surface area contributed by atoms with E-state index in [0.717, 1.165) is 13.0 Å². The second-order valence-electron chi connectivity index (χ2n) is 3.81. The van der Waals surface area contributed by atoms with Crippen LogP contribution in [0.3, 0.4) is 0 Å². The molecule has 0 aromatic carbocycles. The SMILES string of the molecule is CSC(CO)C(C)NCCc1cccnc1. The molecule has 0 aliphatic rings. The minimum Gasteiger partial charge on any atom is -0.395 e.